The molecule has 1 amide bonds. The second-order valence-electron chi connectivity index (χ2n) is 7.45. The topological polar surface area (TPSA) is 90.0 Å². The third-order valence-corrected chi connectivity index (χ3v) is 6.33. The Hall–Kier alpha value is -1.61. The molecule has 164 valence electrons. The lowest BCUT2D eigenvalue weighted by Crippen LogP contribution is -2.50. The van der Waals surface area contributed by atoms with Gasteiger partial charge in [0.25, 0.3) is 10.0 Å². The first-order valence-corrected chi connectivity index (χ1v) is 12.1. The Bertz CT molecular complexity index is 777. The number of rotatable bonds is 10. The predicted molar refractivity (Wildman–Crippen MR) is 114 cm³/mol. The lowest BCUT2D eigenvalue weighted by Gasteiger charge is -2.30. The minimum Gasteiger partial charge on any atom is -0.464 e. The Morgan fingerprint density at radius 1 is 1.03 bits per heavy atom. The maximum Gasteiger partial charge on any atom is 0.424 e. The molecule has 1 rings (SSSR count). The molecule has 0 saturated carbocycles. The van der Waals surface area contributed by atoms with E-state index in [9.17, 15) is 18.0 Å². The van der Waals surface area contributed by atoms with Crippen molar-refractivity contribution in [1.82, 2.24) is 4.31 Å². The van der Waals surface area contributed by atoms with E-state index in [1.165, 1.54) is 12.1 Å². The van der Waals surface area contributed by atoms with Gasteiger partial charge < -0.3 is 9.47 Å². The third-order valence-electron chi connectivity index (χ3n) is 3.89. The van der Waals surface area contributed by atoms with E-state index >= 15 is 0 Å². The summed E-state index contributed by atoms with van der Waals surface area (Å²) < 4.78 is 37.5. The first-order valence-electron chi connectivity index (χ1n) is 9.57. The van der Waals surface area contributed by atoms with E-state index in [4.69, 9.17) is 9.47 Å². The number of hydrogen-bond acceptors (Lipinski definition) is 6. The van der Waals surface area contributed by atoms with Crippen LogP contribution in [0.3, 0.4) is 0 Å². The highest BCUT2D eigenvalue weighted by Crippen LogP contribution is 2.25. The van der Waals surface area contributed by atoms with Crippen LogP contribution in [0, 0.1) is 11.8 Å². The quantitative estimate of drug-likeness (QED) is 0.357. The van der Waals surface area contributed by atoms with Gasteiger partial charge >= 0.3 is 12.1 Å². The monoisotopic (exact) mass is 491 g/mol. The molecule has 0 spiro atoms. The summed E-state index contributed by atoms with van der Waals surface area (Å²) in [6.07, 6.45) is -0.962. The molecular weight excluding hydrogens is 462 g/mol. The lowest BCUT2D eigenvalue weighted by molar-refractivity contribution is -0.148. The van der Waals surface area contributed by atoms with E-state index in [0.717, 1.165) is 5.56 Å². The van der Waals surface area contributed by atoms with Crippen molar-refractivity contribution in [3.8, 4) is 0 Å². The summed E-state index contributed by atoms with van der Waals surface area (Å²) in [6, 6.07) is 4.79. The number of amides is 1. The maximum absolute atomic E-state index is 13.4. The minimum absolute atomic E-state index is 0.00728. The number of alkyl halides is 1. The van der Waals surface area contributed by atoms with Crippen LogP contribution in [0.1, 0.15) is 46.6 Å². The van der Waals surface area contributed by atoms with Gasteiger partial charge in [0, 0.05) is 5.33 Å². The molecule has 0 saturated heterocycles. The number of benzene rings is 1. The summed E-state index contributed by atoms with van der Waals surface area (Å²) in [5.74, 6) is -0.827. The van der Waals surface area contributed by atoms with E-state index < -0.39 is 28.1 Å². The van der Waals surface area contributed by atoms with Gasteiger partial charge in [0.2, 0.25) is 0 Å². The van der Waals surface area contributed by atoms with Crippen LogP contribution in [0.4, 0.5) is 4.79 Å². The zero-order valence-corrected chi connectivity index (χ0v) is 20.0. The normalized spacial score (nSPS) is 12.7. The number of halogens is 1. The van der Waals surface area contributed by atoms with Crippen molar-refractivity contribution in [3.63, 3.8) is 0 Å². The van der Waals surface area contributed by atoms with E-state index in [1.807, 2.05) is 27.7 Å². The Labute approximate surface area is 181 Å². The van der Waals surface area contributed by atoms with Gasteiger partial charge in [-0.05, 0) is 42.9 Å². The van der Waals surface area contributed by atoms with Gasteiger partial charge in [-0.3, -0.25) is 0 Å². The number of ether oxygens (including phenoxy) is 2. The number of sulfonamides is 1. The first-order chi connectivity index (χ1) is 13.5. The molecule has 0 bridgehead atoms. The molecule has 0 fully saturated rings. The van der Waals surface area contributed by atoms with Crippen LogP contribution in [-0.2, 0) is 29.6 Å². The van der Waals surface area contributed by atoms with Crippen molar-refractivity contribution in [2.45, 2.75) is 57.3 Å². The molecule has 1 atom stereocenters. The zero-order valence-electron chi connectivity index (χ0n) is 17.6. The van der Waals surface area contributed by atoms with Crippen LogP contribution in [0.2, 0.25) is 0 Å². The van der Waals surface area contributed by atoms with Crippen LogP contribution in [0.25, 0.3) is 0 Å². The van der Waals surface area contributed by atoms with Crippen molar-refractivity contribution < 1.29 is 27.5 Å². The van der Waals surface area contributed by atoms with Gasteiger partial charge in [0.15, 0.2) is 0 Å². The molecule has 0 heterocycles. The number of nitrogens with zero attached hydrogens (tertiary/aromatic N) is 1. The molecular formula is C20H30BrNO6S. The highest BCUT2D eigenvalue weighted by atomic mass is 79.9. The summed E-state index contributed by atoms with van der Waals surface area (Å²) in [5.41, 5.74) is 0.877. The Balaban J connectivity index is 3.46. The van der Waals surface area contributed by atoms with Crippen molar-refractivity contribution in [2.75, 3.05) is 13.2 Å². The standard InChI is InChI=1S/C20H30BrNO6S/c1-6-27-19(23)18(11-14(2)3)22(20(24)28-13-15(4)5)29(25,26)17-9-7-16(12-21)8-10-17/h7-10,14-15,18H,6,11-13H2,1-5H3/t18-/m0/s1. The minimum atomic E-state index is -4.34. The Kier molecular flexibility index (Phi) is 10.1. The van der Waals surface area contributed by atoms with Crippen LogP contribution in [0.15, 0.2) is 29.2 Å². The Morgan fingerprint density at radius 2 is 1.62 bits per heavy atom. The molecule has 9 heteroatoms. The van der Waals surface area contributed by atoms with E-state index in [-0.39, 0.29) is 36.4 Å². The molecule has 0 unspecified atom stereocenters. The molecule has 0 N–H and O–H groups in total. The highest BCUT2D eigenvalue weighted by Gasteiger charge is 2.42. The van der Waals surface area contributed by atoms with Gasteiger partial charge in [0.05, 0.1) is 18.1 Å². The molecule has 0 aliphatic rings. The van der Waals surface area contributed by atoms with Crippen molar-refractivity contribution in [1.29, 1.82) is 0 Å². The average molecular weight is 492 g/mol. The van der Waals surface area contributed by atoms with Crippen molar-refractivity contribution in [2.24, 2.45) is 11.8 Å². The van der Waals surface area contributed by atoms with Gasteiger partial charge in [-0.2, -0.15) is 4.31 Å². The van der Waals surface area contributed by atoms with Crippen LogP contribution < -0.4 is 0 Å². The van der Waals surface area contributed by atoms with Crippen molar-refractivity contribution >= 4 is 38.0 Å². The molecule has 7 nitrogen and oxygen atoms in total. The number of hydrogen-bond donors (Lipinski definition) is 0. The summed E-state index contributed by atoms with van der Waals surface area (Å²) in [6.45, 7) is 9.07. The zero-order chi connectivity index (χ0) is 22.2. The van der Waals surface area contributed by atoms with E-state index in [2.05, 4.69) is 15.9 Å². The highest BCUT2D eigenvalue weighted by molar-refractivity contribution is 9.08. The lowest BCUT2D eigenvalue weighted by atomic mass is 10.0. The maximum atomic E-state index is 13.4. The number of carbonyl (C=O) groups excluding carboxylic acids is 2. The fraction of sp³-hybridized carbons (Fsp3) is 0.600. The molecule has 29 heavy (non-hydrogen) atoms. The summed E-state index contributed by atoms with van der Waals surface area (Å²) in [5, 5.41) is 0.562. The smallest absolute Gasteiger partial charge is 0.424 e. The third kappa shape index (κ3) is 7.29. The second kappa shape index (κ2) is 11.5. The van der Waals surface area contributed by atoms with Gasteiger partial charge in [-0.25, -0.2) is 18.0 Å². The SMILES string of the molecule is CCOC(=O)[C@H](CC(C)C)N(C(=O)OCC(C)C)S(=O)(=O)c1ccc(CBr)cc1. The van der Waals surface area contributed by atoms with Crippen LogP contribution >= 0.6 is 15.9 Å². The number of carbonyl (C=O) groups is 2. The predicted octanol–water partition coefficient (Wildman–Crippen LogP) is 4.34. The summed E-state index contributed by atoms with van der Waals surface area (Å²) in [4.78, 5) is 25.3. The molecule has 0 aliphatic heterocycles. The van der Waals surface area contributed by atoms with E-state index in [1.54, 1.807) is 19.1 Å². The van der Waals surface area contributed by atoms with Crippen molar-refractivity contribution in [3.05, 3.63) is 29.8 Å². The fourth-order valence-corrected chi connectivity index (χ4v) is 4.37. The first kappa shape index (κ1) is 25.4. The molecule has 1 aromatic rings. The second-order valence-corrected chi connectivity index (χ2v) is 9.82. The molecule has 0 radical (unpaired) electrons. The van der Waals surface area contributed by atoms with Gasteiger partial charge in [0.1, 0.15) is 6.04 Å². The summed E-state index contributed by atoms with van der Waals surface area (Å²) in [7, 11) is -4.34. The largest absolute Gasteiger partial charge is 0.464 e. The number of esters is 1. The molecule has 1 aromatic carbocycles. The van der Waals surface area contributed by atoms with E-state index in [0.29, 0.717) is 9.64 Å². The van der Waals surface area contributed by atoms with Crippen LogP contribution in [-0.4, -0.2) is 44.0 Å². The molecule has 0 aromatic heterocycles. The fourth-order valence-electron chi connectivity index (χ4n) is 2.53. The average Bonchev–Trinajstić information content (AvgIpc) is 2.65. The van der Waals surface area contributed by atoms with Crippen LogP contribution in [0.5, 0.6) is 0 Å². The van der Waals surface area contributed by atoms with Gasteiger partial charge in [-0.1, -0.05) is 55.8 Å². The summed E-state index contributed by atoms with van der Waals surface area (Å²) >= 11 is 3.31. The molecule has 0 aliphatic carbocycles. The van der Waals surface area contributed by atoms with Gasteiger partial charge in [-0.15, -0.1) is 0 Å². The Morgan fingerprint density at radius 3 is 2.07 bits per heavy atom.